The first-order valence-electron chi connectivity index (χ1n) is 5.85. The Morgan fingerprint density at radius 2 is 2.06 bits per heavy atom. The van der Waals surface area contributed by atoms with Gasteiger partial charge in [0.15, 0.2) is 0 Å². The molecule has 0 bridgehead atoms. The SMILES string of the molecule is CCNC(c1ccc(F)cc1F)c1occc1C. The third kappa shape index (κ3) is 2.43. The fourth-order valence-electron chi connectivity index (χ4n) is 1.96. The molecule has 1 aromatic heterocycles. The molecule has 1 aromatic carbocycles. The minimum atomic E-state index is -0.581. The second-order valence-corrected chi connectivity index (χ2v) is 4.12. The van der Waals surface area contributed by atoms with E-state index in [1.807, 2.05) is 19.9 Å². The van der Waals surface area contributed by atoms with E-state index in [0.717, 1.165) is 11.6 Å². The molecular formula is C14H15F2NO. The number of aryl methyl sites for hydroxylation is 1. The molecule has 4 heteroatoms. The number of furan rings is 1. The molecule has 2 aromatic rings. The zero-order valence-electron chi connectivity index (χ0n) is 10.3. The largest absolute Gasteiger partial charge is 0.467 e. The lowest BCUT2D eigenvalue weighted by atomic mass is 10.0. The van der Waals surface area contributed by atoms with Gasteiger partial charge in [-0.3, -0.25) is 0 Å². The maximum Gasteiger partial charge on any atom is 0.131 e. The highest BCUT2D eigenvalue weighted by atomic mass is 19.1. The maximum absolute atomic E-state index is 13.8. The van der Waals surface area contributed by atoms with Gasteiger partial charge in [0.1, 0.15) is 17.4 Å². The summed E-state index contributed by atoms with van der Waals surface area (Å²) in [5.41, 5.74) is 1.32. The average molecular weight is 251 g/mol. The van der Waals surface area contributed by atoms with Gasteiger partial charge in [-0.2, -0.15) is 0 Å². The van der Waals surface area contributed by atoms with Crippen molar-refractivity contribution in [3.8, 4) is 0 Å². The predicted octanol–water partition coefficient (Wildman–Crippen LogP) is 3.57. The Hall–Kier alpha value is -1.68. The molecule has 0 saturated heterocycles. The first-order chi connectivity index (χ1) is 8.63. The Bertz CT molecular complexity index is 536. The Labute approximate surface area is 105 Å². The standard InChI is InChI=1S/C14H15F2NO/c1-3-17-13(14-9(2)6-7-18-14)11-5-4-10(15)8-12(11)16/h4-8,13,17H,3H2,1-2H3. The molecule has 0 spiro atoms. The van der Waals surface area contributed by atoms with Crippen molar-refractivity contribution in [2.45, 2.75) is 19.9 Å². The highest BCUT2D eigenvalue weighted by Gasteiger charge is 2.21. The van der Waals surface area contributed by atoms with Crippen LogP contribution in [0.2, 0.25) is 0 Å². The number of halogens is 2. The summed E-state index contributed by atoms with van der Waals surface area (Å²) in [6.07, 6.45) is 1.57. The Morgan fingerprint density at radius 1 is 1.28 bits per heavy atom. The third-order valence-electron chi connectivity index (χ3n) is 2.85. The summed E-state index contributed by atoms with van der Waals surface area (Å²) >= 11 is 0. The second-order valence-electron chi connectivity index (χ2n) is 4.12. The van der Waals surface area contributed by atoms with Crippen molar-refractivity contribution in [3.05, 3.63) is 59.1 Å². The zero-order chi connectivity index (χ0) is 13.1. The molecule has 0 saturated carbocycles. The summed E-state index contributed by atoms with van der Waals surface area (Å²) in [6.45, 7) is 4.47. The van der Waals surface area contributed by atoms with Gasteiger partial charge in [-0.05, 0) is 31.2 Å². The van der Waals surface area contributed by atoms with Crippen LogP contribution in [0.4, 0.5) is 8.78 Å². The summed E-state index contributed by atoms with van der Waals surface area (Å²) in [6, 6.07) is 5.01. The molecular weight excluding hydrogens is 236 g/mol. The summed E-state index contributed by atoms with van der Waals surface area (Å²) in [5, 5.41) is 3.15. The van der Waals surface area contributed by atoms with E-state index in [9.17, 15) is 8.78 Å². The van der Waals surface area contributed by atoms with Crippen molar-refractivity contribution in [3.63, 3.8) is 0 Å². The van der Waals surface area contributed by atoms with Crippen molar-refractivity contribution < 1.29 is 13.2 Å². The van der Waals surface area contributed by atoms with Crippen LogP contribution < -0.4 is 5.32 Å². The predicted molar refractivity (Wildman–Crippen MR) is 65.3 cm³/mol. The number of nitrogens with one attached hydrogen (secondary N) is 1. The normalized spacial score (nSPS) is 12.7. The minimum Gasteiger partial charge on any atom is -0.467 e. The van der Waals surface area contributed by atoms with Gasteiger partial charge in [0, 0.05) is 11.6 Å². The first kappa shape index (κ1) is 12.8. The van der Waals surface area contributed by atoms with E-state index in [0.29, 0.717) is 17.9 Å². The molecule has 0 aliphatic rings. The summed E-state index contributed by atoms with van der Waals surface area (Å²) in [5.74, 6) is -0.498. The highest BCUT2D eigenvalue weighted by molar-refractivity contribution is 5.32. The van der Waals surface area contributed by atoms with Gasteiger partial charge in [-0.25, -0.2) is 8.78 Å². The van der Waals surface area contributed by atoms with Crippen LogP contribution in [0, 0.1) is 18.6 Å². The van der Waals surface area contributed by atoms with Crippen LogP contribution in [-0.2, 0) is 0 Å². The molecule has 1 heterocycles. The van der Waals surface area contributed by atoms with Crippen molar-refractivity contribution in [1.82, 2.24) is 5.32 Å². The minimum absolute atomic E-state index is 0.385. The van der Waals surface area contributed by atoms with E-state index >= 15 is 0 Å². The summed E-state index contributed by atoms with van der Waals surface area (Å²) < 4.78 is 32.2. The molecule has 1 N–H and O–H groups in total. The fraction of sp³-hybridized carbons (Fsp3) is 0.286. The van der Waals surface area contributed by atoms with E-state index in [1.54, 1.807) is 6.26 Å². The number of hydrogen-bond acceptors (Lipinski definition) is 2. The summed E-state index contributed by atoms with van der Waals surface area (Å²) in [4.78, 5) is 0. The van der Waals surface area contributed by atoms with Crippen molar-refractivity contribution in [2.75, 3.05) is 6.54 Å². The number of hydrogen-bond donors (Lipinski definition) is 1. The van der Waals surface area contributed by atoms with Crippen LogP contribution in [0.1, 0.15) is 29.9 Å². The topological polar surface area (TPSA) is 25.2 Å². The molecule has 18 heavy (non-hydrogen) atoms. The number of rotatable bonds is 4. The molecule has 2 rings (SSSR count). The van der Waals surface area contributed by atoms with Crippen LogP contribution in [0.3, 0.4) is 0 Å². The van der Waals surface area contributed by atoms with Crippen LogP contribution in [0.25, 0.3) is 0 Å². The zero-order valence-corrected chi connectivity index (χ0v) is 10.3. The van der Waals surface area contributed by atoms with E-state index in [4.69, 9.17) is 4.42 Å². The Kier molecular flexibility index (Phi) is 3.77. The monoisotopic (exact) mass is 251 g/mol. The second kappa shape index (κ2) is 5.31. The molecule has 96 valence electrons. The smallest absolute Gasteiger partial charge is 0.131 e. The van der Waals surface area contributed by atoms with Gasteiger partial charge in [-0.15, -0.1) is 0 Å². The average Bonchev–Trinajstić information content (AvgIpc) is 2.73. The molecule has 0 fully saturated rings. The fourth-order valence-corrected chi connectivity index (χ4v) is 1.96. The summed E-state index contributed by atoms with van der Waals surface area (Å²) in [7, 11) is 0. The highest BCUT2D eigenvalue weighted by Crippen LogP contribution is 2.27. The van der Waals surface area contributed by atoms with Gasteiger partial charge < -0.3 is 9.73 Å². The van der Waals surface area contributed by atoms with Gasteiger partial charge in [0.2, 0.25) is 0 Å². The molecule has 0 amide bonds. The van der Waals surface area contributed by atoms with Crippen LogP contribution in [-0.4, -0.2) is 6.54 Å². The maximum atomic E-state index is 13.8. The van der Waals surface area contributed by atoms with E-state index < -0.39 is 17.7 Å². The van der Waals surface area contributed by atoms with Crippen LogP contribution in [0.5, 0.6) is 0 Å². The molecule has 2 nitrogen and oxygen atoms in total. The van der Waals surface area contributed by atoms with Crippen molar-refractivity contribution in [1.29, 1.82) is 0 Å². The third-order valence-corrected chi connectivity index (χ3v) is 2.85. The number of benzene rings is 1. The van der Waals surface area contributed by atoms with Crippen molar-refractivity contribution in [2.24, 2.45) is 0 Å². The van der Waals surface area contributed by atoms with E-state index in [1.165, 1.54) is 12.1 Å². The van der Waals surface area contributed by atoms with Gasteiger partial charge >= 0.3 is 0 Å². The van der Waals surface area contributed by atoms with Crippen LogP contribution >= 0.6 is 0 Å². The van der Waals surface area contributed by atoms with E-state index in [2.05, 4.69) is 5.32 Å². The van der Waals surface area contributed by atoms with Crippen molar-refractivity contribution >= 4 is 0 Å². The Morgan fingerprint density at radius 3 is 2.61 bits per heavy atom. The molecule has 1 atom stereocenters. The van der Waals surface area contributed by atoms with Gasteiger partial charge in [0.25, 0.3) is 0 Å². The quantitative estimate of drug-likeness (QED) is 0.898. The lowest BCUT2D eigenvalue weighted by Crippen LogP contribution is -2.23. The first-order valence-corrected chi connectivity index (χ1v) is 5.85. The molecule has 0 aliphatic heterocycles. The lowest BCUT2D eigenvalue weighted by Gasteiger charge is -2.17. The van der Waals surface area contributed by atoms with E-state index in [-0.39, 0.29) is 0 Å². The lowest BCUT2D eigenvalue weighted by molar-refractivity contribution is 0.437. The Balaban J connectivity index is 2.45. The van der Waals surface area contributed by atoms with Gasteiger partial charge in [-0.1, -0.05) is 13.0 Å². The molecule has 0 aliphatic carbocycles. The molecule has 1 unspecified atom stereocenters. The van der Waals surface area contributed by atoms with Gasteiger partial charge in [0.05, 0.1) is 12.3 Å². The molecule has 0 radical (unpaired) electrons. The van der Waals surface area contributed by atoms with Crippen LogP contribution in [0.15, 0.2) is 34.9 Å².